The number of nitrogens with one attached hydrogen (secondary N) is 3. The Morgan fingerprint density at radius 2 is 1.81 bits per heavy atom. The van der Waals surface area contributed by atoms with E-state index in [1.54, 1.807) is 17.0 Å². The zero-order valence-electron chi connectivity index (χ0n) is 17.3. The van der Waals surface area contributed by atoms with Crippen molar-refractivity contribution in [2.75, 3.05) is 25.0 Å². The van der Waals surface area contributed by atoms with E-state index in [1.807, 2.05) is 24.3 Å². The molecule has 0 bridgehead atoms. The summed E-state index contributed by atoms with van der Waals surface area (Å²) in [6.07, 6.45) is 2.76. The molecule has 2 aromatic rings. The molecule has 1 aromatic heterocycles. The second-order valence-corrected chi connectivity index (χ2v) is 8.48. The van der Waals surface area contributed by atoms with E-state index in [-0.39, 0.29) is 29.3 Å². The van der Waals surface area contributed by atoms with Crippen LogP contribution in [-0.4, -0.2) is 58.4 Å². The molecular weight excluding hydrogens is 396 g/mol. The van der Waals surface area contributed by atoms with Gasteiger partial charge in [-0.05, 0) is 55.6 Å². The van der Waals surface area contributed by atoms with Crippen LogP contribution < -0.4 is 16.0 Å². The zero-order valence-corrected chi connectivity index (χ0v) is 17.3. The van der Waals surface area contributed by atoms with Crippen LogP contribution in [0, 0.1) is 0 Å². The van der Waals surface area contributed by atoms with Gasteiger partial charge in [-0.1, -0.05) is 24.3 Å². The van der Waals surface area contributed by atoms with Gasteiger partial charge in [0.15, 0.2) is 11.5 Å². The number of fused-ring (bicyclic) bond motifs is 1. The maximum atomic E-state index is 12.6. The Morgan fingerprint density at radius 3 is 2.48 bits per heavy atom. The van der Waals surface area contributed by atoms with Crippen LogP contribution in [0.2, 0.25) is 0 Å². The van der Waals surface area contributed by atoms with Crippen molar-refractivity contribution in [2.45, 2.75) is 44.0 Å². The van der Waals surface area contributed by atoms with E-state index >= 15 is 0 Å². The van der Waals surface area contributed by atoms with Gasteiger partial charge in [-0.2, -0.15) is 0 Å². The molecule has 9 nitrogen and oxygen atoms in total. The minimum absolute atomic E-state index is 0.0245. The minimum Gasteiger partial charge on any atom is -0.373 e. The Kier molecular flexibility index (Phi) is 5.29. The van der Waals surface area contributed by atoms with Crippen molar-refractivity contribution in [2.24, 2.45) is 0 Å². The van der Waals surface area contributed by atoms with Crippen molar-refractivity contribution in [1.29, 1.82) is 0 Å². The number of carbonyl (C=O) groups is 2. The van der Waals surface area contributed by atoms with Crippen LogP contribution in [0.15, 0.2) is 36.4 Å². The van der Waals surface area contributed by atoms with Gasteiger partial charge in [0.05, 0.1) is 18.2 Å². The summed E-state index contributed by atoms with van der Waals surface area (Å²) in [5, 5.41) is 17.1. The molecule has 2 fully saturated rings. The maximum Gasteiger partial charge on any atom is 0.323 e. The summed E-state index contributed by atoms with van der Waals surface area (Å²) in [5.41, 5.74) is 2.41. The number of urea groups is 1. The van der Waals surface area contributed by atoms with Gasteiger partial charge >= 0.3 is 6.03 Å². The molecule has 2 saturated heterocycles. The first-order valence-electron chi connectivity index (χ1n) is 10.7. The maximum absolute atomic E-state index is 12.6. The Morgan fingerprint density at radius 1 is 1.06 bits per heavy atom. The van der Waals surface area contributed by atoms with Gasteiger partial charge in [0.25, 0.3) is 5.91 Å². The number of ether oxygens (including phenoxy) is 1. The number of nitrogens with zero attached hydrogens (tertiary/aromatic N) is 3. The van der Waals surface area contributed by atoms with Gasteiger partial charge in [0.1, 0.15) is 0 Å². The van der Waals surface area contributed by atoms with Crippen molar-refractivity contribution >= 4 is 17.8 Å². The molecule has 31 heavy (non-hydrogen) atoms. The largest absolute Gasteiger partial charge is 0.373 e. The monoisotopic (exact) mass is 422 g/mol. The summed E-state index contributed by atoms with van der Waals surface area (Å²) in [6, 6.07) is 10.9. The van der Waals surface area contributed by atoms with Gasteiger partial charge in [0.2, 0.25) is 0 Å². The van der Waals surface area contributed by atoms with Crippen molar-refractivity contribution in [1.82, 2.24) is 25.7 Å². The van der Waals surface area contributed by atoms with Gasteiger partial charge < -0.3 is 20.3 Å². The standard InChI is InChI=1S/C22H26N6O3/c29-20(24-17-11-22(31-14-17)7-9-23-10-8-22)18-5-6-19(27-26-18)25-21(30)28-12-15-3-1-2-4-16(15)13-28/h1-6,17,23H,7-14H2,(H,24,29)(H,25,27,30). The molecule has 1 aromatic carbocycles. The second kappa shape index (κ2) is 8.24. The minimum atomic E-state index is -0.278. The lowest BCUT2D eigenvalue weighted by Crippen LogP contribution is -2.43. The Hall–Kier alpha value is -3.04. The average molecular weight is 422 g/mol. The number of anilines is 1. The predicted molar refractivity (Wildman–Crippen MR) is 113 cm³/mol. The highest BCUT2D eigenvalue weighted by Crippen LogP contribution is 2.34. The summed E-state index contributed by atoms with van der Waals surface area (Å²) >= 11 is 0. The highest BCUT2D eigenvalue weighted by atomic mass is 16.5. The molecule has 1 spiro atoms. The molecular formula is C22H26N6O3. The number of aromatic nitrogens is 2. The van der Waals surface area contributed by atoms with E-state index in [0.29, 0.717) is 25.5 Å². The fraction of sp³-hybridized carbons (Fsp3) is 0.455. The molecule has 5 rings (SSSR count). The summed E-state index contributed by atoms with van der Waals surface area (Å²) in [4.78, 5) is 26.8. The van der Waals surface area contributed by atoms with E-state index in [0.717, 1.165) is 43.5 Å². The smallest absolute Gasteiger partial charge is 0.323 e. The van der Waals surface area contributed by atoms with Crippen molar-refractivity contribution in [3.05, 3.63) is 53.2 Å². The van der Waals surface area contributed by atoms with Crippen LogP contribution in [-0.2, 0) is 17.8 Å². The lowest BCUT2D eigenvalue weighted by atomic mass is 9.88. The third-order valence-electron chi connectivity index (χ3n) is 6.32. The topological polar surface area (TPSA) is 108 Å². The molecule has 162 valence electrons. The first-order chi connectivity index (χ1) is 15.1. The molecule has 9 heteroatoms. The molecule has 1 unspecified atom stereocenters. The Labute approximate surface area is 180 Å². The fourth-order valence-corrected chi connectivity index (χ4v) is 4.61. The number of amides is 3. The third kappa shape index (κ3) is 4.24. The van der Waals surface area contributed by atoms with Crippen LogP contribution in [0.4, 0.5) is 10.6 Å². The van der Waals surface area contributed by atoms with Crippen molar-refractivity contribution < 1.29 is 14.3 Å². The molecule has 0 radical (unpaired) electrons. The summed E-state index contributed by atoms with van der Waals surface area (Å²) in [7, 11) is 0. The highest BCUT2D eigenvalue weighted by molar-refractivity contribution is 5.93. The molecule has 3 aliphatic heterocycles. The molecule has 0 saturated carbocycles. The van der Waals surface area contributed by atoms with E-state index in [4.69, 9.17) is 4.74 Å². The number of carbonyl (C=O) groups excluding carboxylic acids is 2. The number of benzene rings is 1. The van der Waals surface area contributed by atoms with Crippen LogP contribution >= 0.6 is 0 Å². The van der Waals surface area contributed by atoms with Crippen LogP contribution in [0.25, 0.3) is 0 Å². The van der Waals surface area contributed by atoms with Crippen LogP contribution in [0.5, 0.6) is 0 Å². The number of hydrogen-bond acceptors (Lipinski definition) is 6. The van der Waals surface area contributed by atoms with Crippen LogP contribution in [0.3, 0.4) is 0 Å². The van der Waals surface area contributed by atoms with Gasteiger partial charge in [-0.25, -0.2) is 4.79 Å². The van der Waals surface area contributed by atoms with E-state index in [2.05, 4.69) is 26.1 Å². The molecule has 4 heterocycles. The molecule has 1 atom stereocenters. The predicted octanol–water partition coefficient (Wildman–Crippen LogP) is 1.67. The average Bonchev–Trinajstić information content (AvgIpc) is 3.39. The van der Waals surface area contributed by atoms with Gasteiger partial charge in [-0.3, -0.25) is 10.1 Å². The quantitative estimate of drug-likeness (QED) is 0.694. The normalized spacial score (nSPS) is 21.7. The Balaban J connectivity index is 1.14. The number of rotatable bonds is 3. The van der Waals surface area contributed by atoms with Crippen molar-refractivity contribution in [3.63, 3.8) is 0 Å². The van der Waals surface area contributed by atoms with Gasteiger partial charge in [-0.15, -0.1) is 10.2 Å². The summed E-state index contributed by atoms with van der Waals surface area (Å²) < 4.78 is 6.02. The lowest BCUT2D eigenvalue weighted by Gasteiger charge is -2.32. The number of hydrogen-bond donors (Lipinski definition) is 3. The summed E-state index contributed by atoms with van der Waals surface area (Å²) in [6.45, 7) is 3.55. The van der Waals surface area contributed by atoms with Crippen molar-refractivity contribution in [3.8, 4) is 0 Å². The van der Waals surface area contributed by atoms with E-state index in [1.165, 1.54) is 0 Å². The second-order valence-electron chi connectivity index (χ2n) is 8.48. The van der Waals surface area contributed by atoms with E-state index < -0.39 is 0 Å². The Bertz CT molecular complexity index is 948. The fourth-order valence-electron chi connectivity index (χ4n) is 4.61. The molecule has 3 aliphatic rings. The zero-order chi connectivity index (χ0) is 21.3. The summed E-state index contributed by atoms with van der Waals surface area (Å²) in [5.74, 6) is 0.0373. The molecule has 0 aliphatic carbocycles. The first kappa shape index (κ1) is 19.9. The first-order valence-corrected chi connectivity index (χ1v) is 10.7. The highest BCUT2D eigenvalue weighted by Gasteiger charge is 2.41. The SMILES string of the molecule is O=C(NC1COC2(CCNCC2)C1)c1ccc(NC(=O)N2Cc3ccccc3C2)nn1. The van der Waals surface area contributed by atoms with E-state index in [9.17, 15) is 9.59 Å². The van der Waals surface area contributed by atoms with Gasteiger partial charge in [0, 0.05) is 13.1 Å². The third-order valence-corrected chi connectivity index (χ3v) is 6.32. The van der Waals surface area contributed by atoms with Crippen LogP contribution in [0.1, 0.15) is 40.9 Å². The molecule has 3 N–H and O–H groups in total. The molecule has 3 amide bonds. The number of piperidine rings is 1. The lowest BCUT2D eigenvalue weighted by molar-refractivity contribution is -0.0194.